The van der Waals surface area contributed by atoms with E-state index in [4.69, 9.17) is 25.8 Å². The third kappa shape index (κ3) is 6.58. The Labute approximate surface area is 241 Å². The van der Waals surface area contributed by atoms with Gasteiger partial charge in [0.1, 0.15) is 11.9 Å². The number of amides is 1. The number of aryl methyl sites for hydroxylation is 1. The number of hydrogen-bond donors (Lipinski definition) is 3. The summed E-state index contributed by atoms with van der Waals surface area (Å²) in [6, 6.07) is 3.71. The Hall–Kier alpha value is -2.75. The zero-order valence-corrected chi connectivity index (χ0v) is 24.9. The van der Waals surface area contributed by atoms with Crippen molar-refractivity contribution in [3.05, 3.63) is 49.9 Å². The molecule has 9 nitrogen and oxygen atoms in total. The topological polar surface area (TPSA) is 113 Å². The maximum Gasteiger partial charge on any atom is 0.256 e. The third-order valence-corrected chi connectivity index (χ3v) is 8.83. The second-order valence-electron chi connectivity index (χ2n) is 11.0. The molecular formula is C30H42ClN3O6. The molecule has 1 saturated heterocycles. The Kier molecular flexibility index (Phi) is 10.0. The molecule has 1 aliphatic heterocycles. The second kappa shape index (κ2) is 13.3. The minimum absolute atomic E-state index is 0.0330. The largest absolute Gasteiger partial charge is 0.503 e. The van der Waals surface area contributed by atoms with Crippen molar-refractivity contribution in [2.24, 2.45) is 5.92 Å². The highest BCUT2D eigenvalue weighted by atomic mass is 35.5. The summed E-state index contributed by atoms with van der Waals surface area (Å²) in [4.78, 5) is 31.0. The SMILES string of the molecule is CC[C@@H](Oc1c(C)c(C(=O)NCc2c(OC)cc(C)[nH]c2=O)cc(Cl)c1O)C1CCC(N2CC[C@@H](OC)C2)CC1. The maximum atomic E-state index is 13.2. The first kappa shape index (κ1) is 30.2. The quantitative estimate of drug-likeness (QED) is 0.375. The number of pyridine rings is 1. The molecule has 2 aliphatic rings. The summed E-state index contributed by atoms with van der Waals surface area (Å²) in [7, 11) is 3.27. The van der Waals surface area contributed by atoms with E-state index in [0.29, 0.717) is 40.6 Å². The van der Waals surface area contributed by atoms with Gasteiger partial charge in [0.15, 0.2) is 11.5 Å². The molecule has 1 aromatic carbocycles. The highest BCUT2D eigenvalue weighted by Crippen LogP contribution is 2.42. The van der Waals surface area contributed by atoms with Crippen LogP contribution in [0.3, 0.4) is 0 Å². The highest BCUT2D eigenvalue weighted by molar-refractivity contribution is 6.32. The number of methoxy groups -OCH3 is 2. The van der Waals surface area contributed by atoms with Gasteiger partial charge >= 0.3 is 0 Å². The molecular weight excluding hydrogens is 534 g/mol. The normalized spacial score (nSPS) is 22.2. The fourth-order valence-corrected chi connectivity index (χ4v) is 6.37. The number of aromatic nitrogens is 1. The van der Waals surface area contributed by atoms with Crippen molar-refractivity contribution in [3.63, 3.8) is 0 Å². The molecule has 0 bridgehead atoms. The molecule has 40 heavy (non-hydrogen) atoms. The van der Waals surface area contributed by atoms with Crippen LogP contribution in [0, 0.1) is 19.8 Å². The van der Waals surface area contributed by atoms with Crippen molar-refractivity contribution < 1.29 is 24.1 Å². The molecule has 2 heterocycles. The van der Waals surface area contributed by atoms with Gasteiger partial charge in [0.25, 0.3) is 11.5 Å². The number of ether oxygens (including phenoxy) is 3. The number of nitrogens with zero attached hydrogens (tertiary/aromatic N) is 1. The van der Waals surface area contributed by atoms with Crippen molar-refractivity contribution in [1.82, 2.24) is 15.2 Å². The molecule has 2 atom stereocenters. The van der Waals surface area contributed by atoms with Crippen molar-refractivity contribution in [3.8, 4) is 17.2 Å². The first-order chi connectivity index (χ1) is 19.2. The molecule has 3 N–H and O–H groups in total. The number of rotatable bonds is 10. The number of aromatic hydroxyl groups is 1. The number of aromatic amines is 1. The minimum Gasteiger partial charge on any atom is -0.503 e. The Morgan fingerprint density at radius 2 is 1.93 bits per heavy atom. The lowest BCUT2D eigenvalue weighted by Crippen LogP contribution is -2.40. The van der Waals surface area contributed by atoms with Crippen molar-refractivity contribution in [2.75, 3.05) is 27.3 Å². The first-order valence-electron chi connectivity index (χ1n) is 14.2. The molecule has 0 spiro atoms. The van der Waals surface area contributed by atoms with E-state index < -0.39 is 5.91 Å². The zero-order chi connectivity index (χ0) is 29.0. The van der Waals surface area contributed by atoms with Crippen LogP contribution < -0.4 is 20.3 Å². The van der Waals surface area contributed by atoms with Crippen molar-refractivity contribution >= 4 is 17.5 Å². The van der Waals surface area contributed by atoms with Gasteiger partial charge in [0, 0.05) is 43.1 Å². The number of phenolic OH excluding ortho intramolecular Hbond substituents is 1. The van der Waals surface area contributed by atoms with E-state index >= 15 is 0 Å². The predicted molar refractivity (Wildman–Crippen MR) is 155 cm³/mol. The lowest BCUT2D eigenvalue weighted by molar-refractivity contribution is 0.0625. The summed E-state index contributed by atoms with van der Waals surface area (Å²) in [5.41, 5.74) is 1.42. The van der Waals surface area contributed by atoms with Crippen LogP contribution in [0.1, 0.15) is 72.6 Å². The van der Waals surface area contributed by atoms with E-state index in [2.05, 4.69) is 22.1 Å². The Balaban J connectivity index is 1.45. The lowest BCUT2D eigenvalue weighted by atomic mass is 9.81. The Morgan fingerprint density at radius 1 is 1.20 bits per heavy atom. The van der Waals surface area contributed by atoms with Gasteiger partial charge in [-0.1, -0.05) is 18.5 Å². The van der Waals surface area contributed by atoms with E-state index in [0.717, 1.165) is 51.6 Å². The molecule has 1 aromatic heterocycles. The highest BCUT2D eigenvalue weighted by Gasteiger charge is 2.34. The molecule has 2 aromatic rings. The van der Waals surface area contributed by atoms with Gasteiger partial charge in [-0.15, -0.1) is 0 Å². The second-order valence-corrected chi connectivity index (χ2v) is 11.4. The molecule has 10 heteroatoms. The van der Waals surface area contributed by atoms with Crippen LogP contribution in [0.4, 0.5) is 0 Å². The van der Waals surface area contributed by atoms with Gasteiger partial charge in [0.05, 0.1) is 30.3 Å². The summed E-state index contributed by atoms with van der Waals surface area (Å²) in [5, 5.41) is 13.7. The molecule has 0 radical (unpaired) electrons. The van der Waals surface area contributed by atoms with Gasteiger partial charge in [-0.2, -0.15) is 0 Å². The third-order valence-electron chi connectivity index (χ3n) is 8.54. The van der Waals surface area contributed by atoms with Gasteiger partial charge in [0.2, 0.25) is 0 Å². The van der Waals surface area contributed by atoms with Crippen LogP contribution in [-0.4, -0.2) is 66.5 Å². The van der Waals surface area contributed by atoms with E-state index in [1.807, 2.05) is 0 Å². The van der Waals surface area contributed by atoms with Crippen LogP contribution >= 0.6 is 11.6 Å². The average molecular weight is 576 g/mol. The van der Waals surface area contributed by atoms with Crippen molar-refractivity contribution in [2.45, 2.75) is 84.1 Å². The van der Waals surface area contributed by atoms with Crippen LogP contribution in [0.15, 0.2) is 16.9 Å². The number of phenols is 1. The summed E-state index contributed by atoms with van der Waals surface area (Å²) < 4.78 is 17.3. The summed E-state index contributed by atoms with van der Waals surface area (Å²) >= 11 is 6.37. The number of carbonyl (C=O) groups excluding carboxylic acids is 1. The number of likely N-dealkylation sites (tertiary alicyclic amines) is 1. The minimum atomic E-state index is -0.431. The molecule has 2 fully saturated rings. The number of benzene rings is 1. The van der Waals surface area contributed by atoms with Crippen molar-refractivity contribution in [1.29, 1.82) is 0 Å². The van der Waals surface area contributed by atoms with Gasteiger partial charge in [-0.3, -0.25) is 14.5 Å². The number of halogens is 1. The number of hydrogen-bond acceptors (Lipinski definition) is 7. The molecule has 1 saturated carbocycles. The van der Waals surface area contributed by atoms with E-state index in [-0.39, 0.29) is 40.3 Å². The lowest BCUT2D eigenvalue weighted by Gasteiger charge is -2.37. The van der Waals surface area contributed by atoms with Crippen LogP contribution in [0.5, 0.6) is 17.2 Å². The number of nitrogens with one attached hydrogen (secondary N) is 2. The summed E-state index contributed by atoms with van der Waals surface area (Å²) in [6.45, 7) is 7.64. The Morgan fingerprint density at radius 3 is 2.55 bits per heavy atom. The van der Waals surface area contributed by atoms with E-state index in [1.54, 1.807) is 27.0 Å². The fourth-order valence-electron chi connectivity index (χ4n) is 6.17. The van der Waals surface area contributed by atoms with Gasteiger partial charge < -0.3 is 29.6 Å². The molecule has 1 aliphatic carbocycles. The summed E-state index contributed by atoms with van der Waals surface area (Å²) in [5.74, 6) is 0.384. The Bertz CT molecular complexity index is 1260. The standard InChI is InChI=1S/C30H42ClN3O6/c1-6-25(19-7-9-20(10-8-19)34-12-11-21(16-34)38-4)40-28-18(3)22(14-24(31)27(28)35)29(36)32-15-23-26(39-5)13-17(2)33-30(23)37/h13-14,19-21,25,35H,6-12,15-16H2,1-5H3,(H,32,36)(H,33,37)/t19?,20?,21-,25-/m1/s1. The average Bonchev–Trinajstić information content (AvgIpc) is 3.44. The maximum absolute atomic E-state index is 13.2. The number of carbonyl (C=O) groups is 1. The van der Waals surface area contributed by atoms with Crippen LogP contribution in [0.2, 0.25) is 5.02 Å². The number of H-pyrrole nitrogens is 1. The fraction of sp³-hybridized carbons (Fsp3) is 0.600. The van der Waals surface area contributed by atoms with Crippen LogP contribution in [-0.2, 0) is 11.3 Å². The smallest absolute Gasteiger partial charge is 0.256 e. The predicted octanol–water partition coefficient (Wildman–Crippen LogP) is 4.73. The molecule has 220 valence electrons. The van der Waals surface area contributed by atoms with E-state index in [1.165, 1.54) is 13.2 Å². The monoisotopic (exact) mass is 575 g/mol. The summed E-state index contributed by atoms with van der Waals surface area (Å²) in [6.07, 6.45) is 6.39. The molecule has 1 amide bonds. The van der Waals surface area contributed by atoms with E-state index in [9.17, 15) is 14.7 Å². The first-order valence-corrected chi connectivity index (χ1v) is 14.5. The zero-order valence-electron chi connectivity index (χ0n) is 24.1. The molecule has 0 unspecified atom stereocenters. The van der Waals surface area contributed by atoms with Gasteiger partial charge in [-0.25, -0.2) is 0 Å². The van der Waals surface area contributed by atoms with Gasteiger partial charge in [-0.05, 0) is 70.4 Å². The van der Waals surface area contributed by atoms with Crippen LogP contribution in [0.25, 0.3) is 0 Å². The molecule has 4 rings (SSSR count).